The van der Waals surface area contributed by atoms with E-state index in [-0.39, 0.29) is 11.9 Å². The molecule has 0 fully saturated rings. The predicted molar refractivity (Wildman–Crippen MR) is 90.6 cm³/mol. The molecular weight excluding hydrogens is 302 g/mol. The summed E-state index contributed by atoms with van der Waals surface area (Å²) in [5.41, 5.74) is 2.25. The van der Waals surface area contributed by atoms with Crippen molar-refractivity contribution in [2.45, 2.75) is 18.7 Å². The molecule has 110 valence electrons. The maximum atomic E-state index is 11.9. The highest BCUT2D eigenvalue weighted by molar-refractivity contribution is 7.99. The largest absolute Gasteiger partial charge is 0.349 e. The Morgan fingerprint density at radius 2 is 1.95 bits per heavy atom. The van der Waals surface area contributed by atoms with Gasteiger partial charge in [0, 0.05) is 10.8 Å². The first-order valence-corrected chi connectivity index (χ1v) is 8.35. The van der Waals surface area contributed by atoms with Gasteiger partial charge in [0.2, 0.25) is 5.91 Å². The molecule has 0 saturated carbocycles. The number of hydrogen-bond acceptors (Lipinski definition) is 2. The number of nitrogens with one attached hydrogen (secondary N) is 1. The highest BCUT2D eigenvalue weighted by Crippen LogP contribution is 2.17. The maximum Gasteiger partial charge on any atom is 0.230 e. The number of rotatable bonds is 6. The Bertz CT molecular complexity index is 588. The molecule has 0 aliphatic heterocycles. The van der Waals surface area contributed by atoms with Gasteiger partial charge < -0.3 is 5.32 Å². The van der Waals surface area contributed by atoms with E-state index in [4.69, 9.17) is 11.6 Å². The first-order chi connectivity index (χ1) is 10.1. The summed E-state index contributed by atoms with van der Waals surface area (Å²) in [5.74, 6) is 1.29. The molecule has 0 aliphatic rings. The van der Waals surface area contributed by atoms with Crippen molar-refractivity contribution in [2.75, 3.05) is 5.75 Å². The van der Waals surface area contributed by atoms with Gasteiger partial charge in [-0.25, -0.2) is 0 Å². The molecule has 0 heterocycles. The number of thioether (sulfide) groups is 1. The van der Waals surface area contributed by atoms with Gasteiger partial charge in [-0.3, -0.25) is 4.79 Å². The van der Waals surface area contributed by atoms with E-state index in [1.807, 2.05) is 61.5 Å². The summed E-state index contributed by atoms with van der Waals surface area (Å²) < 4.78 is 0. The zero-order valence-corrected chi connectivity index (χ0v) is 13.5. The van der Waals surface area contributed by atoms with E-state index in [0.29, 0.717) is 5.75 Å². The Morgan fingerprint density at radius 1 is 1.19 bits per heavy atom. The Hall–Kier alpha value is -1.45. The minimum absolute atomic E-state index is 0.0328. The molecule has 2 nitrogen and oxygen atoms in total. The van der Waals surface area contributed by atoms with Crippen LogP contribution in [0.1, 0.15) is 24.1 Å². The first kappa shape index (κ1) is 15.9. The fourth-order valence-electron chi connectivity index (χ4n) is 2.00. The van der Waals surface area contributed by atoms with E-state index in [0.717, 1.165) is 21.9 Å². The molecular formula is C17H18ClNOS. The monoisotopic (exact) mass is 319 g/mol. The van der Waals surface area contributed by atoms with E-state index in [1.165, 1.54) is 0 Å². The summed E-state index contributed by atoms with van der Waals surface area (Å²) in [7, 11) is 0. The molecule has 0 bridgehead atoms. The zero-order chi connectivity index (χ0) is 15.1. The van der Waals surface area contributed by atoms with E-state index < -0.39 is 0 Å². The van der Waals surface area contributed by atoms with Gasteiger partial charge in [-0.2, -0.15) is 0 Å². The van der Waals surface area contributed by atoms with Crippen LogP contribution in [0.25, 0.3) is 0 Å². The van der Waals surface area contributed by atoms with Crippen LogP contribution in [0, 0.1) is 0 Å². The third kappa shape index (κ3) is 5.44. The number of amides is 1. The summed E-state index contributed by atoms with van der Waals surface area (Å²) in [4.78, 5) is 11.9. The van der Waals surface area contributed by atoms with Crippen molar-refractivity contribution >= 4 is 29.3 Å². The van der Waals surface area contributed by atoms with Gasteiger partial charge in [-0.05, 0) is 30.2 Å². The normalized spacial score (nSPS) is 11.9. The molecule has 4 heteroatoms. The van der Waals surface area contributed by atoms with Crippen LogP contribution in [-0.2, 0) is 10.5 Å². The molecule has 0 saturated heterocycles. The summed E-state index contributed by atoms with van der Waals surface area (Å²) in [5, 5.41) is 3.74. The molecule has 1 N–H and O–H groups in total. The summed E-state index contributed by atoms with van der Waals surface area (Å²) in [6, 6.07) is 17.7. The Kier molecular flexibility index (Phi) is 6.15. The number of carbonyl (C=O) groups excluding carboxylic acids is 1. The van der Waals surface area contributed by atoms with Crippen molar-refractivity contribution in [1.29, 1.82) is 0 Å². The van der Waals surface area contributed by atoms with E-state index >= 15 is 0 Å². The second-order valence-corrected chi connectivity index (χ2v) is 6.24. The van der Waals surface area contributed by atoms with Crippen molar-refractivity contribution in [3.63, 3.8) is 0 Å². The van der Waals surface area contributed by atoms with Crippen molar-refractivity contribution in [3.05, 3.63) is 70.7 Å². The Labute approximate surface area is 134 Å². The van der Waals surface area contributed by atoms with Crippen LogP contribution in [-0.4, -0.2) is 11.7 Å². The van der Waals surface area contributed by atoms with Gasteiger partial charge in [0.05, 0.1) is 11.8 Å². The van der Waals surface area contributed by atoms with E-state index in [1.54, 1.807) is 11.8 Å². The van der Waals surface area contributed by atoms with Crippen LogP contribution >= 0.6 is 23.4 Å². The van der Waals surface area contributed by atoms with Crippen LogP contribution < -0.4 is 5.32 Å². The quantitative estimate of drug-likeness (QED) is 0.852. The lowest BCUT2D eigenvalue weighted by Gasteiger charge is -2.14. The summed E-state index contributed by atoms with van der Waals surface area (Å²) >= 11 is 7.52. The van der Waals surface area contributed by atoms with Gasteiger partial charge in [-0.15, -0.1) is 11.8 Å². The topological polar surface area (TPSA) is 29.1 Å². The molecule has 0 spiro atoms. The fraction of sp³-hybridized carbons (Fsp3) is 0.235. The van der Waals surface area contributed by atoms with Crippen molar-refractivity contribution in [1.82, 2.24) is 5.32 Å². The highest BCUT2D eigenvalue weighted by atomic mass is 35.5. The van der Waals surface area contributed by atoms with Gasteiger partial charge in [-0.1, -0.05) is 54.1 Å². The fourth-order valence-corrected chi connectivity index (χ4v) is 3.00. The molecule has 2 aromatic rings. The smallest absolute Gasteiger partial charge is 0.230 e. The third-order valence-electron chi connectivity index (χ3n) is 3.07. The van der Waals surface area contributed by atoms with Crippen molar-refractivity contribution in [2.24, 2.45) is 0 Å². The minimum Gasteiger partial charge on any atom is -0.349 e. The molecule has 0 aromatic heterocycles. The van der Waals surface area contributed by atoms with Crippen LogP contribution in [0.2, 0.25) is 5.02 Å². The van der Waals surface area contributed by atoms with Crippen LogP contribution in [0.5, 0.6) is 0 Å². The third-order valence-corrected chi connectivity index (χ3v) is 4.31. The van der Waals surface area contributed by atoms with Gasteiger partial charge >= 0.3 is 0 Å². The Morgan fingerprint density at radius 3 is 2.67 bits per heavy atom. The SMILES string of the molecule is C[C@@H](NC(=O)CSCc1cccc(Cl)c1)c1ccccc1. The van der Waals surface area contributed by atoms with E-state index in [2.05, 4.69) is 5.32 Å². The average molecular weight is 320 g/mol. The van der Waals surface area contributed by atoms with Crippen LogP contribution in [0.15, 0.2) is 54.6 Å². The van der Waals surface area contributed by atoms with Crippen LogP contribution in [0.4, 0.5) is 0 Å². The standard InChI is InChI=1S/C17H18ClNOS/c1-13(15-7-3-2-4-8-15)19-17(20)12-21-11-14-6-5-9-16(18)10-14/h2-10,13H,11-12H2,1H3,(H,19,20)/t13-/m1/s1. The molecule has 1 amide bonds. The van der Waals surface area contributed by atoms with Crippen LogP contribution in [0.3, 0.4) is 0 Å². The van der Waals surface area contributed by atoms with E-state index in [9.17, 15) is 4.79 Å². The first-order valence-electron chi connectivity index (χ1n) is 6.81. The zero-order valence-electron chi connectivity index (χ0n) is 11.9. The molecule has 0 aliphatic carbocycles. The molecule has 0 radical (unpaired) electrons. The minimum atomic E-state index is 0.0328. The lowest BCUT2D eigenvalue weighted by Crippen LogP contribution is -2.28. The maximum absolute atomic E-state index is 11.9. The Balaban J connectivity index is 1.75. The van der Waals surface area contributed by atoms with Crippen molar-refractivity contribution in [3.8, 4) is 0 Å². The summed E-state index contributed by atoms with van der Waals surface area (Å²) in [6.45, 7) is 1.99. The summed E-state index contributed by atoms with van der Waals surface area (Å²) in [6.07, 6.45) is 0. The van der Waals surface area contributed by atoms with Crippen molar-refractivity contribution < 1.29 is 4.79 Å². The predicted octanol–water partition coefficient (Wildman–Crippen LogP) is 4.45. The lowest BCUT2D eigenvalue weighted by molar-refractivity contribution is -0.119. The number of hydrogen-bond donors (Lipinski definition) is 1. The highest BCUT2D eigenvalue weighted by Gasteiger charge is 2.09. The molecule has 2 rings (SSSR count). The second kappa shape index (κ2) is 8.11. The van der Waals surface area contributed by atoms with Gasteiger partial charge in [0.1, 0.15) is 0 Å². The molecule has 0 unspecified atom stereocenters. The number of benzene rings is 2. The molecule has 2 aromatic carbocycles. The molecule has 1 atom stereocenters. The van der Waals surface area contributed by atoms with Gasteiger partial charge in [0.25, 0.3) is 0 Å². The number of halogens is 1. The number of carbonyl (C=O) groups is 1. The average Bonchev–Trinajstić information content (AvgIpc) is 2.48. The van der Waals surface area contributed by atoms with Gasteiger partial charge in [0.15, 0.2) is 0 Å². The lowest BCUT2D eigenvalue weighted by atomic mass is 10.1. The second-order valence-electron chi connectivity index (χ2n) is 4.82. The molecule has 21 heavy (non-hydrogen) atoms.